The van der Waals surface area contributed by atoms with Gasteiger partial charge in [-0.3, -0.25) is 14.2 Å². The van der Waals surface area contributed by atoms with Crippen molar-refractivity contribution < 1.29 is 23.8 Å². The number of rotatable bonds is 5. The van der Waals surface area contributed by atoms with Crippen LogP contribution in [0.3, 0.4) is 0 Å². The summed E-state index contributed by atoms with van der Waals surface area (Å²) < 4.78 is 18.3. The Balaban J connectivity index is 1.86. The molecule has 1 aliphatic rings. The Kier molecular flexibility index (Phi) is 5.46. The zero-order valence-electron chi connectivity index (χ0n) is 15.0. The van der Waals surface area contributed by atoms with E-state index in [1.807, 2.05) is 11.5 Å². The molecule has 9 nitrogen and oxygen atoms in total. The van der Waals surface area contributed by atoms with Crippen LogP contribution in [0.15, 0.2) is 12.7 Å². The van der Waals surface area contributed by atoms with Crippen molar-refractivity contribution in [2.75, 3.05) is 6.61 Å². The van der Waals surface area contributed by atoms with Crippen molar-refractivity contribution in [1.29, 1.82) is 0 Å². The van der Waals surface area contributed by atoms with Crippen molar-refractivity contribution in [3.05, 3.63) is 18.3 Å². The van der Waals surface area contributed by atoms with Crippen molar-refractivity contribution in [3.8, 4) is 0 Å². The van der Waals surface area contributed by atoms with Gasteiger partial charge < -0.3 is 14.2 Å². The Bertz CT molecular complexity index is 806. The van der Waals surface area contributed by atoms with Crippen LogP contribution < -0.4 is 0 Å². The molecule has 1 fully saturated rings. The minimum Gasteiger partial charge on any atom is -0.463 e. The third-order valence-electron chi connectivity index (χ3n) is 4.22. The number of nitrogens with zero attached hydrogens (tertiary/aromatic N) is 4. The SMILES string of the molecule is CCc1ncnc2c1ncn2C1CC(OC(C)=O)CC(COC(C)=O)O1. The molecule has 0 amide bonds. The Hall–Kier alpha value is -2.55. The fourth-order valence-corrected chi connectivity index (χ4v) is 3.15. The Morgan fingerprint density at radius 1 is 1.23 bits per heavy atom. The van der Waals surface area contributed by atoms with E-state index in [9.17, 15) is 9.59 Å². The van der Waals surface area contributed by atoms with Gasteiger partial charge >= 0.3 is 11.9 Å². The van der Waals surface area contributed by atoms with Crippen molar-refractivity contribution in [2.24, 2.45) is 0 Å². The maximum Gasteiger partial charge on any atom is 0.302 e. The van der Waals surface area contributed by atoms with Crippen LogP contribution in [0.1, 0.15) is 45.5 Å². The van der Waals surface area contributed by atoms with E-state index in [1.165, 1.54) is 20.2 Å². The number of carbonyl (C=O) groups excluding carboxylic acids is 2. The fourth-order valence-electron chi connectivity index (χ4n) is 3.15. The van der Waals surface area contributed by atoms with E-state index in [2.05, 4.69) is 15.0 Å². The summed E-state index contributed by atoms with van der Waals surface area (Å²) >= 11 is 0. The van der Waals surface area contributed by atoms with Crippen LogP contribution in [0.2, 0.25) is 0 Å². The van der Waals surface area contributed by atoms with Crippen LogP contribution in [-0.2, 0) is 30.2 Å². The molecule has 140 valence electrons. The van der Waals surface area contributed by atoms with Gasteiger partial charge in [0.2, 0.25) is 0 Å². The number of imidazole rings is 1. The molecule has 3 rings (SSSR count). The Morgan fingerprint density at radius 2 is 2.04 bits per heavy atom. The maximum atomic E-state index is 11.4. The quantitative estimate of drug-likeness (QED) is 0.738. The summed E-state index contributed by atoms with van der Waals surface area (Å²) in [6.07, 6.45) is 3.68. The van der Waals surface area contributed by atoms with Crippen LogP contribution in [-0.4, -0.2) is 50.3 Å². The van der Waals surface area contributed by atoms with E-state index in [0.29, 0.717) is 18.5 Å². The molecule has 0 radical (unpaired) electrons. The molecule has 3 unspecified atom stereocenters. The third kappa shape index (κ3) is 3.98. The maximum absolute atomic E-state index is 11.4. The number of ether oxygens (including phenoxy) is 3. The van der Waals surface area contributed by atoms with Crippen LogP contribution >= 0.6 is 0 Å². The summed E-state index contributed by atoms with van der Waals surface area (Å²) in [5.74, 6) is -0.735. The molecular formula is C17H22N4O5. The molecule has 0 aliphatic carbocycles. The average molecular weight is 362 g/mol. The molecule has 3 heterocycles. The van der Waals surface area contributed by atoms with Gasteiger partial charge in [-0.2, -0.15) is 0 Å². The molecule has 0 N–H and O–H groups in total. The average Bonchev–Trinajstić information content (AvgIpc) is 3.03. The number of carbonyl (C=O) groups is 2. The van der Waals surface area contributed by atoms with E-state index in [-0.39, 0.29) is 30.8 Å². The lowest BCUT2D eigenvalue weighted by Gasteiger charge is -2.35. The molecule has 1 saturated heterocycles. The lowest BCUT2D eigenvalue weighted by Crippen LogP contribution is -2.38. The van der Waals surface area contributed by atoms with Crippen molar-refractivity contribution in [3.63, 3.8) is 0 Å². The van der Waals surface area contributed by atoms with Crippen LogP contribution in [0.25, 0.3) is 11.2 Å². The lowest BCUT2D eigenvalue weighted by molar-refractivity contribution is -0.178. The first-order chi connectivity index (χ1) is 12.5. The third-order valence-corrected chi connectivity index (χ3v) is 4.22. The molecule has 2 aromatic rings. The molecule has 0 saturated carbocycles. The highest BCUT2D eigenvalue weighted by Crippen LogP contribution is 2.31. The molecule has 26 heavy (non-hydrogen) atoms. The van der Waals surface area contributed by atoms with Gasteiger partial charge in [0.05, 0.1) is 18.1 Å². The minimum absolute atomic E-state index is 0.103. The fraction of sp³-hybridized carbons (Fsp3) is 0.588. The van der Waals surface area contributed by atoms with Crippen molar-refractivity contribution >= 4 is 23.1 Å². The highest BCUT2D eigenvalue weighted by atomic mass is 16.6. The van der Waals surface area contributed by atoms with Gasteiger partial charge in [0.25, 0.3) is 0 Å². The zero-order valence-corrected chi connectivity index (χ0v) is 15.0. The second-order valence-corrected chi connectivity index (χ2v) is 6.22. The van der Waals surface area contributed by atoms with Crippen molar-refractivity contribution in [1.82, 2.24) is 19.5 Å². The Morgan fingerprint density at radius 3 is 2.73 bits per heavy atom. The van der Waals surface area contributed by atoms with Gasteiger partial charge in [0.15, 0.2) is 5.65 Å². The van der Waals surface area contributed by atoms with Gasteiger partial charge in [0, 0.05) is 26.7 Å². The molecule has 0 spiro atoms. The molecule has 0 aromatic carbocycles. The van der Waals surface area contributed by atoms with E-state index >= 15 is 0 Å². The Labute approximate surface area is 150 Å². The topological polar surface area (TPSA) is 105 Å². The summed E-state index contributed by atoms with van der Waals surface area (Å²) in [5, 5.41) is 0. The second kappa shape index (κ2) is 7.77. The van der Waals surface area contributed by atoms with Gasteiger partial charge in [-0.25, -0.2) is 15.0 Å². The molecule has 0 bridgehead atoms. The van der Waals surface area contributed by atoms with E-state index in [0.717, 1.165) is 17.6 Å². The van der Waals surface area contributed by atoms with E-state index in [4.69, 9.17) is 14.2 Å². The second-order valence-electron chi connectivity index (χ2n) is 6.22. The number of aryl methyl sites for hydroxylation is 1. The summed E-state index contributed by atoms with van der Waals surface area (Å²) in [6.45, 7) is 4.82. The summed E-state index contributed by atoms with van der Waals surface area (Å²) in [4.78, 5) is 35.5. The largest absolute Gasteiger partial charge is 0.463 e. The predicted molar refractivity (Wildman–Crippen MR) is 90.0 cm³/mol. The van der Waals surface area contributed by atoms with Gasteiger partial charge in [-0.1, -0.05) is 6.92 Å². The lowest BCUT2D eigenvalue weighted by atomic mass is 10.0. The van der Waals surface area contributed by atoms with Crippen LogP contribution in [0, 0.1) is 0 Å². The normalized spacial score (nSPS) is 23.0. The first-order valence-corrected chi connectivity index (χ1v) is 8.60. The van der Waals surface area contributed by atoms with Crippen molar-refractivity contribution in [2.45, 2.75) is 58.5 Å². The molecule has 1 aliphatic heterocycles. The number of aromatic nitrogens is 4. The summed E-state index contributed by atoms with van der Waals surface area (Å²) in [7, 11) is 0. The number of hydrogen-bond donors (Lipinski definition) is 0. The predicted octanol–water partition coefficient (Wildman–Crippen LogP) is 1.56. The van der Waals surface area contributed by atoms with E-state index < -0.39 is 6.23 Å². The van der Waals surface area contributed by atoms with Crippen LogP contribution in [0.4, 0.5) is 0 Å². The molecule has 3 atom stereocenters. The smallest absolute Gasteiger partial charge is 0.302 e. The monoisotopic (exact) mass is 362 g/mol. The van der Waals surface area contributed by atoms with E-state index in [1.54, 1.807) is 6.33 Å². The first kappa shape index (κ1) is 18.2. The first-order valence-electron chi connectivity index (χ1n) is 8.60. The van der Waals surface area contributed by atoms with Crippen LogP contribution in [0.5, 0.6) is 0 Å². The van der Waals surface area contributed by atoms with Gasteiger partial charge in [-0.05, 0) is 6.42 Å². The summed E-state index contributed by atoms with van der Waals surface area (Å²) in [5.41, 5.74) is 2.25. The number of hydrogen-bond acceptors (Lipinski definition) is 8. The minimum atomic E-state index is -0.432. The van der Waals surface area contributed by atoms with Gasteiger partial charge in [-0.15, -0.1) is 0 Å². The summed E-state index contributed by atoms with van der Waals surface area (Å²) in [6, 6.07) is 0. The van der Waals surface area contributed by atoms with Gasteiger partial charge in [0.1, 0.15) is 30.8 Å². The number of fused-ring (bicyclic) bond motifs is 1. The molecule has 2 aromatic heterocycles. The highest BCUT2D eigenvalue weighted by Gasteiger charge is 2.34. The number of esters is 2. The molecule has 9 heteroatoms. The highest BCUT2D eigenvalue weighted by molar-refractivity contribution is 5.73. The standard InChI is InChI=1S/C17H22N4O5/c1-4-14-16-17(19-8-18-14)21(9-20-16)15-6-12(25-11(3)23)5-13(26-15)7-24-10(2)22/h8-9,12-13,15H,4-7H2,1-3H3. The molecular weight excluding hydrogens is 340 g/mol. The zero-order chi connectivity index (χ0) is 18.7.